The van der Waals surface area contributed by atoms with E-state index in [1.165, 1.54) is 5.56 Å². The van der Waals surface area contributed by atoms with Gasteiger partial charge in [0.25, 0.3) is 5.91 Å². The number of aliphatic hydroxyl groups is 1. The number of carbonyl (C=O) groups excluding carboxylic acids is 1. The highest BCUT2D eigenvalue weighted by atomic mass is 35.5. The molecule has 4 N–H and O–H groups in total. The van der Waals surface area contributed by atoms with Crippen LogP contribution in [0.2, 0.25) is 0 Å². The van der Waals surface area contributed by atoms with Crippen LogP contribution >= 0.6 is 12.4 Å². The van der Waals surface area contributed by atoms with Gasteiger partial charge in [0.1, 0.15) is 6.10 Å². The largest absolute Gasteiger partial charge is 0.382 e. The lowest BCUT2D eigenvalue weighted by atomic mass is 10.0. The fourth-order valence-corrected chi connectivity index (χ4v) is 1.84. The average Bonchev–Trinajstić information content (AvgIpc) is 3.20. The lowest BCUT2D eigenvalue weighted by Gasteiger charge is -2.18. The third-order valence-corrected chi connectivity index (χ3v) is 3.21. The molecular weight excluding hydrogens is 264 g/mol. The second-order valence-corrected chi connectivity index (χ2v) is 4.92. The van der Waals surface area contributed by atoms with Crippen LogP contribution in [0.4, 0.5) is 0 Å². The van der Waals surface area contributed by atoms with E-state index in [9.17, 15) is 9.90 Å². The normalized spacial score (nSPS) is 17.2. The predicted octanol–water partition coefficient (Wildman–Crippen LogP) is 1.01. The number of halogens is 1. The number of nitrogens with one attached hydrogen (secondary N) is 1. The first kappa shape index (κ1) is 16.0. The Kier molecular flexibility index (Phi) is 6.28. The van der Waals surface area contributed by atoms with E-state index in [1.807, 2.05) is 30.3 Å². The Morgan fingerprint density at radius 2 is 2.00 bits per heavy atom. The van der Waals surface area contributed by atoms with E-state index in [0.29, 0.717) is 6.42 Å². The molecule has 1 aromatic rings. The van der Waals surface area contributed by atoms with Crippen LogP contribution in [-0.4, -0.2) is 29.2 Å². The van der Waals surface area contributed by atoms with Crippen molar-refractivity contribution in [1.82, 2.24) is 5.32 Å². The van der Waals surface area contributed by atoms with Crippen LogP contribution in [0.1, 0.15) is 24.8 Å². The molecular formula is C14H21ClN2O2. The molecule has 0 spiro atoms. The number of nitrogens with two attached hydrogens (primary N) is 1. The van der Waals surface area contributed by atoms with Gasteiger partial charge in [-0.2, -0.15) is 0 Å². The summed E-state index contributed by atoms with van der Waals surface area (Å²) in [7, 11) is 0. The number of hydrogen-bond donors (Lipinski definition) is 3. The molecule has 0 radical (unpaired) electrons. The van der Waals surface area contributed by atoms with Gasteiger partial charge in [0, 0.05) is 12.1 Å². The molecule has 4 nitrogen and oxygen atoms in total. The van der Waals surface area contributed by atoms with Gasteiger partial charge in [-0.15, -0.1) is 12.4 Å². The molecule has 2 unspecified atom stereocenters. The van der Waals surface area contributed by atoms with Gasteiger partial charge < -0.3 is 16.2 Å². The number of benzene rings is 1. The molecule has 1 fully saturated rings. The van der Waals surface area contributed by atoms with Gasteiger partial charge in [-0.3, -0.25) is 4.79 Å². The molecule has 1 aliphatic carbocycles. The summed E-state index contributed by atoms with van der Waals surface area (Å²) in [5.74, 6) is -0.335. The number of aliphatic hydroxyl groups excluding tert-OH is 1. The molecule has 0 bridgehead atoms. The van der Waals surface area contributed by atoms with Gasteiger partial charge >= 0.3 is 0 Å². The molecule has 1 amide bonds. The van der Waals surface area contributed by atoms with Gasteiger partial charge in [-0.1, -0.05) is 30.3 Å². The SMILES string of the molecule is Cl.NC(CCc1ccccc1)C(O)C(=O)NC1CC1. The molecule has 2 atom stereocenters. The van der Waals surface area contributed by atoms with E-state index in [1.54, 1.807) is 0 Å². The maximum absolute atomic E-state index is 11.6. The van der Waals surface area contributed by atoms with Gasteiger partial charge in [0.2, 0.25) is 0 Å². The number of aryl methyl sites for hydroxylation is 1. The highest BCUT2D eigenvalue weighted by Crippen LogP contribution is 2.19. The van der Waals surface area contributed by atoms with Crippen LogP contribution in [0, 0.1) is 0 Å². The van der Waals surface area contributed by atoms with E-state index < -0.39 is 12.1 Å². The Morgan fingerprint density at radius 1 is 1.37 bits per heavy atom. The van der Waals surface area contributed by atoms with Crippen LogP contribution in [0.25, 0.3) is 0 Å². The molecule has 0 aromatic heterocycles. The maximum Gasteiger partial charge on any atom is 0.250 e. The van der Waals surface area contributed by atoms with E-state index in [-0.39, 0.29) is 24.4 Å². The maximum atomic E-state index is 11.6. The van der Waals surface area contributed by atoms with E-state index in [0.717, 1.165) is 19.3 Å². The molecule has 0 aliphatic heterocycles. The number of amides is 1. The molecule has 0 saturated heterocycles. The molecule has 0 heterocycles. The highest BCUT2D eigenvalue weighted by Gasteiger charge is 2.29. The van der Waals surface area contributed by atoms with Gasteiger partial charge in [-0.25, -0.2) is 0 Å². The fraction of sp³-hybridized carbons (Fsp3) is 0.500. The average molecular weight is 285 g/mol. The minimum absolute atomic E-state index is 0. The molecule has 106 valence electrons. The Hall–Kier alpha value is -1.10. The summed E-state index contributed by atoms with van der Waals surface area (Å²) in [6.07, 6.45) is 2.29. The zero-order valence-electron chi connectivity index (χ0n) is 10.8. The van der Waals surface area contributed by atoms with Crippen LogP contribution in [-0.2, 0) is 11.2 Å². The van der Waals surface area contributed by atoms with Gasteiger partial charge in [0.05, 0.1) is 0 Å². The minimum atomic E-state index is -1.10. The molecule has 19 heavy (non-hydrogen) atoms. The second-order valence-electron chi connectivity index (χ2n) is 4.92. The fourth-order valence-electron chi connectivity index (χ4n) is 1.84. The standard InChI is InChI=1S/C14H20N2O2.ClH/c15-12(9-6-10-4-2-1-3-5-10)13(17)14(18)16-11-7-8-11;/h1-5,11-13,17H,6-9,15H2,(H,16,18);1H. The smallest absolute Gasteiger partial charge is 0.250 e. The highest BCUT2D eigenvalue weighted by molar-refractivity contribution is 5.85. The van der Waals surface area contributed by atoms with Crippen molar-refractivity contribution < 1.29 is 9.90 Å². The zero-order valence-corrected chi connectivity index (χ0v) is 11.6. The van der Waals surface area contributed by atoms with Crippen LogP contribution in [0.5, 0.6) is 0 Å². The summed E-state index contributed by atoms with van der Waals surface area (Å²) < 4.78 is 0. The summed E-state index contributed by atoms with van der Waals surface area (Å²) in [4.78, 5) is 11.6. The van der Waals surface area contributed by atoms with Crippen molar-refractivity contribution in [2.24, 2.45) is 5.73 Å². The van der Waals surface area contributed by atoms with Gasteiger partial charge in [-0.05, 0) is 31.2 Å². The lowest BCUT2D eigenvalue weighted by molar-refractivity contribution is -0.130. The Balaban J connectivity index is 0.00000180. The van der Waals surface area contributed by atoms with Crippen LogP contribution < -0.4 is 11.1 Å². The summed E-state index contributed by atoms with van der Waals surface area (Å²) in [6.45, 7) is 0. The van der Waals surface area contributed by atoms with Crippen molar-refractivity contribution in [3.8, 4) is 0 Å². The van der Waals surface area contributed by atoms with Crippen LogP contribution in [0.3, 0.4) is 0 Å². The minimum Gasteiger partial charge on any atom is -0.382 e. The van der Waals surface area contributed by atoms with Crippen molar-refractivity contribution in [2.45, 2.75) is 43.9 Å². The predicted molar refractivity (Wildman–Crippen MR) is 77.2 cm³/mol. The Bertz CT molecular complexity index is 396. The second kappa shape index (κ2) is 7.48. The molecule has 5 heteroatoms. The first-order valence-corrected chi connectivity index (χ1v) is 6.45. The summed E-state index contributed by atoms with van der Waals surface area (Å²) in [6, 6.07) is 9.68. The number of hydrogen-bond acceptors (Lipinski definition) is 3. The third kappa shape index (κ3) is 5.19. The van der Waals surface area contributed by atoms with E-state index >= 15 is 0 Å². The van der Waals surface area contributed by atoms with E-state index in [4.69, 9.17) is 5.73 Å². The van der Waals surface area contributed by atoms with Crippen molar-refractivity contribution in [3.05, 3.63) is 35.9 Å². The topological polar surface area (TPSA) is 75.3 Å². The summed E-state index contributed by atoms with van der Waals surface area (Å²) in [5.41, 5.74) is 7.02. The van der Waals surface area contributed by atoms with Crippen molar-refractivity contribution in [2.75, 3.05) is 0 Å². The first-order valence-electron chi connectivity index (χ1n) is 6.45. The van der Waals surface area contributed by atoms with Gasteiger partial charge in [0.15, 0.2) is 0 Å². The lowest BCUT2D eigenvalue weighted by Crippen LogP contribution is -2.47. The Labute approximate surface area is 119 Å². The molecule has 1 saturated carbocycles. The summed E-state index contributed by atoms with van der Waals surface area (Å²) >= 11 is 0. The Morgan fingerprint density at radius 3 is 2.58 bits per heavy atom. The summed E-state index contributed by atoms with van der Waals surface area (Å²) in [5, 5.41) is 12.6. The molecule has 1 aromatic carbocycles. The first-order chi connectivity index (χ1) is 8.66. The zero-order chi connectivity index (χ0) is 13.0. The quantitative estimate of drug-likeness (QED) is 0.730. The van der Waals surface area contributed by atoms with Crippen molar-refractivity contribution >= 4 is 18.3 Å². The van der Waals surface area contributed by atoms with E-state index in [2.05, 4.69) is 5.32 Å². The monoisotopic (exact) mass is 284 g/mol. The van der Waals surface area contributed by atoms with Crippen molar-refractivity contribution in [1.29, 1.82) is 0 Å². The molecule has 2 rings (SSSR count). The number of carbonyl (C=O) groups is 1. The van der Waals surface area contributed by atoms with Crippen molar-refractivity contribution in [3.63, 3.8) is 0 Å². The molecule has 1 aliphatic rings. The third-order valence-electron chi connectivity index (χ3n) is 3.21. The van der Waals surface area contributed by atoms with Crippen LogP contribution in [0.15, 0.2) is 30.3 Å². The number of rotatable bonds is 6.